The second-order valence-corrected chi connectivity index (χ2v) is 10.9. The first-order valence-corrected chi connectivity index (χ1v) is 13.8. The minimum atomic E-state index is -3.43. The molecule has 0 heterocycles. The highest BCUT2D eigenvalue weighted by Crippen LogP contribution is 2.18. The van der Waals surface area contributed by atoms with Crippen LogP contribution in [0, 0.1) is 11.8 Å². The number of rotatable bonds is 10. The maximum absolute atomic E-state index is 12.8. The van der Waals surface area contributed by atoms with Crippen molar-refractivity contribution in [2.45, 2.75) is 53.1 Å². The van der Waals surface area contributed by atoms with Gasteiger partial charge in [-0.1, -0.05) is 61.6 Å². The summed E-state index contributed by atoms with van der Waals surface area (Å²) < 4.78 is 32.0. The van der Waals surface area contributed by atoms with Gasteiger partial charge in [0.05, 0.1) is 5.75 Å². The van der Waals surface area contributed by atoms with Crippen LogP contribution in [0.1, 0.15) is 61.4 Å². The number of carbonyl (C=O) groups is 1. The number of hydrogen-bond acceptors (Lipinski definition) is 4. The largest absolute Gasteiger partial charge is 0.427 e. The molecule has 3 aromatic rings. The molecule has 0 N–H and O–H groups in total. The number of nitrogens with zero attached hydrogens (tertiary/aromatic N) is 1. The predicted molar refractivity (Wildman–Crippen MR) is 144 cm³/mol. The zero-order valence-corrected chi connectivity index (χ0v) is 22.0. The Labute approximate surface area is 215 Å². The average molecular weight is 504 g/mol. The molecule has 0 saturated carbocycles. The van der Waals surface area contributed by atoms with Crippen molar-refractivity contribution in [1.29, 1.82) is 0 Å². The van der Waals surface area contributed by atoms with Crippen molar-refractivity contribution in [3.8, 4) is 17.6 Å². The van der Waals surface area contributed by atoms with Crippen LogP contribution in [0.2, 0.25) is 0 Å². The van der Waals surface area contributed by atoms with Gasteiger partial charge in [0.15, 0.2) is 0 Å². The van der Waals surface area contributed by atoms with Gasteiger partial charge in [-0.2, -0.15) is 4.31 Å². The Hall–Kier alpha value is -3.40. The van der Waals surface area contributed by atoms with Crippen molar-refractivity contribution in [3.63, 3.8) is 0 Å². The molecule has 0 spiro atoms. The molecule has 0 bridgehead atoms. The number of aryl methyl sites for hydroxylation is 1. The van der Waals surface area contributed by atoms with E-state index in [4.69, 9.17) is 4.74 Å². The molecule has 36 heavy (non-hydrogen) atoms. The molecule has 0 aliphatic carbocycles. The molecule has 6 heteroatoms. The second-order valence-electron chi connectivity index (χ2n) is 8.65. The summed E-state index contributed by atoms with van der Waals surface area (Å²) in [5.41, 5.74) is 4.87. The molecule has 0 unspecified atom stereocenters. The maximum atomic E-state index is 12.8. The summed E-state index contributed by atoms with van der Waals surface area (Å²) >= 11 is 0. The van der Waals surface area contributed by atoms with Crippen LogP contribution in [0.4, 0.5) is 0 Å². The number of ether oxygens (including phenoxy) is 1. The van der Waals surface area contributed by atoms with Gasteiger partial charge in [0.2, 0.25) is 10.0 Å². The number of sulfonamides is 1. The molecule has 188 valence electrons. The van der Waals surface area contributed by atoms with Gasteiger partial charge in [-0.15, -0.1) is 0 Å². The molecule has 0 amide bonds. The summed E-state index contributed by atoms with van der Waals surface area (Å²) in [6.07, 6.45) is 3.47. The third-order valence-corrected chi connectivity index (χ3v) is 7.51. The van der Waals surface area contributed by atoms with E-state index in [1.807, 2.05) is 24.3 Å². The summed E-state index contributed by atoms with van der Waals surface area (Å²) in [4.78, 5) is 11.1. The zero-order chi connectivity index (χ0) is 26.0. The molecule has 3 rings (SSSR count). The van der Waals surface area contributed by atoms with Crippen molar-refractivity contribution >= 4 is 16.0 Å². The quantitative estimate of drug-likeness (QED) is 0.202. The van der Waals surface area contributed by atoms with Gasteiger partial charge in [0.25, 0.3) is 0 Å². The number of unbranched alkanes of at least 4 members (excludes halogenated alkanes) is 1. The lowest BCUT2D eigenvalue weighted by molar-refractivity contribution is -0.131. The average Bonchev–Trinajstić information content (AvgIpc) is 2.88. The fraction of sp³-hybridized carbons (Fsp3) is 0.300. The van der Waals surface area contributed by atoms with E-state index in [2.05, 4.69) is 43.0 Å². The standard InChI is InChI=1S/C30H33NO4S/c1-4-6-7-25-8-10-26(11-9-25)12-13-27-14-16-28(17-15-27)22-31(36(33,34)5-2)23-29-18-20-30(21-19-29)35-24(3)32/h8-11,14-21H,4-7,22-23H2,1-3H3. The van der Waals surface area contributed by atoms with Crippen molar-refractivity contribution < 1.29 is 17.9 Å². The molecular weight excluding hydrogens is 470 g/mol. The summed E-state index contributed by atoms with van der Waals surface area (Å²) in [6.45, 7) is 5.66. The minimum absolute atomic E-state index is 0.0132. The molecule has 0 radical (unpaired) electrons. The van der Waals surface area contributed by atoms with Crippen molar-refractivity contribution in [2.24, 2.45) is 0 Å². The van der Waals surface area contributed by atoms with E-state index in [0.717, 1.165) is 28.7 Å². The molecule has 0 saturated heterocycles. The van der Waals surface area contributed by atoms with Gasteiger partial charge >= 0.3 is 5.97 Å². The van der Waals surface area contributed by atoms with E-state index in [0.29, 0.717) is 5.75 Å². The molecule has 0 aliphatic rings. The predicted octanol–water partition coefficient (Wildman–Crippen LogP) is 5.71. The lowest BCUT2D eigenvalue weighted by Gasteiger charge is -2.22. The van der Waals surface area contributed by atoms with E-state index in [1.54, 1.807) is 31.2 Å². The maximum Gasteiger partial charge on any atom is 0.308 e. The first-order chi connectivity index (χ1) is 17.3. The van der Waals surface area contributed by atoms with Gasteiger partial charge in [0, 0.05) is 31.1 Å². The molecule has 0 aromatic heterocycles. The molecular formula is C30H33NO4S. The summed E-state index contributed by atoms with van der Waals surface area (Å²) in [7, 11) is -3.43. The SMILES string of the molecule is CCCCc1ccc(C#Cc2ccc(CN(Cc3ccc(OC(C)=O)cc3)S(=O)(=O)CC)cc2)cc1. The number of hydrogen-bond donors (Lipinski definition) is 0. The fourth-order valence-electron chi connectivity index (χ4n) is 3.64. The third kappa shape index (κ3) is 8.37. The van der Waals surface area contributed by atoms with Crippen LogP contribution >= 0.6 is 0 Å². The Balaban J connectivity index is 1.68. The Bertz CT molecular complexity index is 1300. The van der Waals surface area contributed by atoms with E-state index in [1.165, 1.54) is 29.6 Å². The summed E-state index contributed by atoms with van der Waals surface area (Å²) in [5.74, 6) is 6.43. The monoisotopic (exact) mass is 503 g/mol. The topological polar surface area (TPSA) is 63.7 Å². The zero-order valence-electron chi connectivity index (χ0n) is 21.2. The van der Waals surface area contributed by atoms with Gasteiger partial charge in [-0.3, -0.25) is 4.79 Å². The van der Waals surface area contributed by atoms with E-state index in [-0.39, 0.29) is 18.8 Å². The minimum Gasteiger partial charge on any atom is -0.427 e. The Morgan fingerprint density at radius 1 is 0.778 bits per heavy atom. The van der Waals surface area contributed by atoms with E-state index < -0.39 is 16.0 Å². The van der Waals surface area contributed by atoms with Gasteiger partial charge in [0.1, 0.15) is 5.75 Å². The van der Waals surface area contributed by atoms with Gasteiger partial charge in [-0.05, 0) is 72.9 Å². The number of esters is 1. The van der Waals surface area contributed by atoms with Crippen LogP contribution in [0.15, 0.2) is 72.8 Å². The van der Waals surface area contributed by atoms with Crippen LogP contribution in [0.3, 0.4) is 0 Å². The third-order valence-electron chi connectivity index (χ3n) is 5.74. The Morgan fingerprint density at radius 2 is 1.25 bits per heavy atom. The van der Waals surface area contributed by atoms with Crippen LogP contribution in [-0.4, -0.2) is 24.4 Å². The van der Waals surface area contributed by atoms with Crippen LogP contribution in [0.25, 0.3) is 0 Å². The molecule has 0 atom stereocenters. The molecule has 3 aromatic carbocycles. The Morgan fingerprint density at radius 3 is 1.69 bits per heavy atom. The van der Waals surface area contributed by atoms with Crippen LogP contribution in [-0.2, 0) is 34.3 Å². The molecule has 0 fully saturated rings. The fourth-order valence-corrected chi connectivity index (χ4v) is 4.70. The van der Waals surface area contributed by atoms with Crippen LogP contribution in [0.5, 0.6) is 5.75 Å². The van der Waals surface area contributed by atoms with Crippen molar-refractivity contribution in [3.05, 3.63) is 101 Å². The molecule has 5 nitrogen and oxygen atoms in total. The Kier molecular flexibility index (Phi) is 9.86. The second kappa shape index (κ2) is 13.1. The van der Waals surface area contributed by atoms with Gasteiger partial charge in [-0.25, -0.2) is 8.42 Å². The first kappa shape index (κ1) is 27.2. The highest BCUT2D eigenvalue weighted by molar-refractivity contribution is 7.89. The summed E-state index contributed by atoms with van der Waals surface area (Å²) in [6, 6.07) is 22.9. The smallest absolute Gasteiger partial charge is 0.308 e. The van der Waals surface area contributed by atoms with Crippen molar-refractivity contribution in [2.75, 3.05) is 5.75 Å². The highest BCUT2D eigenvalue weighted by Gasteiger charge is 2.20. The normalized spacial score (nSPS) is 11.1. The van der Waals surface area contributed by atoms with E-state index >= 15 is 0 Å². The number of carbonyl (C=O) groups excluding carboxylic acids is 1. The highest BCUT2D eigenvalue weighted by atomic mass is 32.2. The molecule has 0 aliphatic heterocycles. The lowest BCUT2D eigenvalue weighted by atomic mass is 10.1. The van der Waals surface area contributed by atoms with Gasteiger partial charge < -0.3 is 4.74 Å². The lowest BCUT2D eigenvalue weighted by Crippen LogP contribution is -2.31. The van der Waals surface area contributed by atoms with Crippen LogP contribution < -0.4 is 4.74 Å². The number of benzene rings is 3. The van der Waals surface area contributed by atoms with Crippen molar-refractivity contribution in [1.82, 2.24) is 4.31 Å². The summed E-state index contributed by atoms with van der Waals surface area (Å²) in [5, 5.41) is 0. The van der Waals surface area contributed by atoms with E-state index in [9.17, 15) is 13.2 Å². The first-order valence-electron chi connectivity index (χ1n) is 12.2.